The zero-order chi connectivity index (χ0) is 15.9. The van der Waals surface area contributed by atoms with E-state index in [0.717, 1.165) is 30.8 Å². The molecule has 3 fully saturated rings. The third-order valence-corrected chi connectivity index (χ3v) is 8.78. The predicted molar refractivity (Wildman–Crippen MR) is 90.9 cm³/mol. The number of methoxy groups -OCH3 is 1. The van der Waals surface area contributed by atoms with E-state index >= 15 is 0 Å². The molecule has 2 nitrogen and oxygen atoms in total. The summed E-state index contributed by atoms with van der Waals surface area (Å²) < 4.78 is 11.6. The lowest BCUT2D eigenvalue weighted by Crippen LogP contribution is -2.50. The molecule has 23 heavy (non-hydrogen) atoms. The highest BCUT2D eigenvalue weighted by molar-refractivity contribution is 5.36. The molecule has 5 aliphatic rings. The molecule has 0 amide bonds. The quantitative estimate of drug-likeness (QED) is 0.645. The van der Waals surface area contributed by atoms with Crippen molar-refractivity contribution in [2.75, 3.05) is 13.7 Å². The Kier molecular flexibility index (Phi) is 2.82. The van der Waals surface area contributed by atoms with Crippen LogP contribution >= 0.6 is 0 Å². The molecule has 6 atom stereocenters. The molecule has 0 bridgehead atoms. The molecule has 0 N–H and O–H groups in total. The van der Waals surface area contributed by atoms with Crippen molar-refractivity contribution in [3.05, 3.63) is 23.5 Å². The van der Waals surface area contributed by atoms with E-state index in [1.165, 1.54) is 44.3 Å². The first kappa shape index (κ1) is 14.6. The van der Waals surface area contributed by atoms with Crippen LogP contribution in [-0.4, -0.2) is 19.3 Å². The normalized spacial score (nSPS) is 53.8. The van der Waals surface area contributed by atoms with E-state index in [9.17, 15) is 0 Å². The maximum atomic E-state index is 6.03. The van der Waals surface area contributed by atoms with Crippen LogP contribution in [0.3, 0.4) is 0 Å². The zero-order valence-corrected chi connectivity index (χ0v) is 14.9. The third kappa shape index (κ3) is 1.69. The van der Waals surface area contributed by atoms with Gasteiger partial charge in [0.2, 0.25) is 0 Å². The summed E-state index contributed by atoms with van der Waals surface area (Å²) in [5.41, 5.74) is 2.69. The summed E-state index contributed by atoms with van der Waals surface area (Å²) in [4.78, 5) is 0. The van der Waals surface area contributed by atoms with Crippen LogP contribution in [0.4, 0.5) is 0 Å². The second-order valence-corrected chi connectivity index (χ2v) is 9.28. The van der Waals surface area contributed by atoms with Crippen LogP contribution in [0.2, 0.25) is 0 Å². The first-order valence-corrected chi connectivity index (χ1v) is 9.62. The van der Waals surface area contributed by atoms with E-state index in [-0.39, 0.29) is 5.60 Å². The van der Waals surface area contributed by atoms with Gasteiger partial charge in [0.25, 0.3) is 0 Å². The number of allylic oxidation sites excluding steroid dienone is 4. The summed E-state index contributed by atoms with van der Waals surface area (Å²) in [5, 5.41) is 0. The first-order chi connectivity index (χ1) is 11.0. The summed E-state index contributed by atoms with van der Waals surface area (Å²) >= 11 is 0. The topological polar surface area (TPSA) is 21.8 Å². The van der Waals surface area contributed by atoms with Crippen molar-refractivity contribution in [2.45, 2.75) is 64.4 Å². The van der Waals surface area contributed by atoms with Crippen LogP contribution in [0.25, 0.3) is 0 Å². The Labute approximate surface area is 140 Å². The number of hydrogen-bond donors (Lipinski definition) is 0. The summed E-state index contributed by atoms with van der Waals surface area (Å²) in [6, 6.07) is 0. The minimum Gasteiger partial charge on any atom is -0.501 e. The molecule has 0 radical (unpaired) electrons. The minimum absolute atomic E-state index is 0.281. The van der Waals surface area contributed by atoms with Gasteiger partial charge in [-0.3, -0.25) is 0 Å². The molecule has 0 aromatic rings. The average molecular weight is 314 g/mol. The lowest BCUT2D eigenvalue weighted by Gasteiger charge is -2.56. The molecule has 1 aliphatic heterocycles. The molecular formula is C21H30O2. The smallest absolute Gasteiger partial charge is 0.0972 e. The average Bonchev–Trinajstić information content (AvgIpc) is 3.28. The van der Waals surface area contributed by atoms with Gasteiger partial charge in [-0.2, -0.15) is 0 Å². The monoisotopic (exact) mass is 314 g/mol. The number of ether oxygens (including phenoxy) is 2. The Morgan fingerprint density at radius 2 is 1.91 bits per heavy atom. The van der Waals surface area contributed by atoms with E-state index in [1.807, 2.05) is 7.11 Å². The summed E-state index contributed by atoms with van der Waals surface area (Å²) in [6.45, 7) is 6.13. The van der Waals surface area contributed by atoms with Crippen molar-refractivity contribution in [1.29, 1.82) is 0 Å². The highest BCUT2D eigenvalue weighted by atomic mass is 16.6. The van der Waals surface area contributed by atoms with Crippen LogP contribution in [0.5, 0.6) is 0 Å². The van der Waals surface area contributed by atoms with Crippen molar-refractivity contribution >= 4 is 0 Å². The van der Waals surface area contributed by atoms with Crippen LogP contribution in [0.1, 0.15) is 58.8 Å². The van der Waals surface area contributed by atoms with Crippen molar-refractivity contribution in [3.63, 3.8) is 0 Å². The fraction of sp³-hybridized carbons (Fsp3) is 0.810. The minimum atomic E-state index is 0.281. The molecule has 4 aliphatic carbocycles. The largest absolute Gasteiger partial charge is 0.501 e. The molecule has 5 rings (SSSR count). The van der Waals surface area contributed by atoms with Crippen LogP contribution in [0.15, 0.2) is 23.5 Å². The van der Waals surface area contributed by atoms with Crippen molar-refractivity contribution in [1.82, 2.24) is 0 Å². The van der Waals surface area contributed by atoms with E-state index < -0.39 is 0 Å². The van der Waals surface area contributed by atoms with Gasteiger partial charge in [-0.1, -0.05) is 19.9 Å². The number of hydrogen-bond acceptors (Lipinski definition) is 2. The highest BCUT2D eigenvalue weighted by Crippen LogP contribution is 2.70. The molecule has 0 aromatic carbocycles. The Morgan fingerprint density at radius 3 is 2.65 bits per heavy atom. The van der Waals surface area contributed by atoms with Crippen LogP contribution in [-0.2, 0) is 9.47 Å². The number of epoxide rings is 1. The summed E-state index contributed by atoms with van der Waals surface area (Å²) in [7, 11) is 1.82. The fourth-order valence-corrected chi connectivity index (χ4v) is 7.11. The van der Waals surface area contributed by atoms with E-state index in [1.54, 1.807) is 5.57 Å². The van der Waals surface area contributed by atoms with Gasteiger partial charge in [0.15, 0.2) is 0 Å². The van der Waals surface area contributed by atoms with Gasteiger partial charge in [0.05, 0.1) is 25.1 Å². The Hall–Kier alpha value is -0.760. The molecule has 126 valence electrons. The van der Waals surface area contributed by atoms with E-state index in [4.69, 9.17) is 9.47 Å². The van der Waals surface area contributed by atoms with Crippen LogP contribution < -0.4 is 0 Å². The molecule has 0 aromatic heterocycles. The lowest BCUT2D eigenvalue weighted by atomic mass is 9.48. The predicted octanol–water partition coefficient (Wildman–Crippen LogP) is 4.86. The van der Waals surface area contributed by atoms with E-state index in [2.05, 4.69) is 26.0 Å². The second kappa shape index (κ2) is 4.45. The molecule has 1 heterocycles. The molecule has 2 saturated carbocycles. The SMILES string of the molecule is COC1=CC2=CC[C@H]3[C@@H](CC[C@@]4(C)[C@H]3CC[C@]43CO3)[C@]2(C)CC1. The molecule has 2 heteroatoms. The maximum Gasteiger partial charge on any atom is 0.0972 e. The van der Waals surface area contributed by atoms with Gasteiger partial charge in [0.1, 0.15) is 0 Å². The second-order valence-electron chi connectivity index (χ2n) is 9.28. The Balaban J connectivity index is 1.51. The zero-order valence-electron chi connectivity index (χ0n) is 14.9. The molecular weight excluding hydrogens is 284 g/mol. The molecule has 1 spiro atoms. The summed E-state index contributed by atoms with van der Waals surface area (Å²) in [5.74, 6) is 3.80. The van der Waals surface area contributed by atoms with Crippen LogP contribution in [0, 0.1) is 28.6 Å². The summed E-state index contributed by atoms with van der Waals surface area (Å²) in [6.07, 6.45) is 14.1. The van der Waals surface area contributed by atoms with Gasteiger partial charge in [-0.25, -0.2) is 0 Å². The van der Waals surface area contributed by atoms with Gasteiger partial charge in [-0.15, -0.1) is 0 Å². The highest BCUT2D eigenvalue weighted by Gasteiger charge is 2.69. The van der Waals surface area contributed by atoms with Crippen molar-refractivity contribution in [3.8, 4) is 0 Å². The van der Waals surface area contributed by atoms with Gasteiger partial charge in [-0.05, 0) is 73.3 Å². The van der Waals surface area contributed by atoms with Crippen molar-refractivity contribution < 1.29 is 9.47 Å². The van der Waals surface area contributed by atoms with E-state index in [0.29, 0.717) is 10.8 Å². The van der Waals surface area contributed by atoms with Gasteiger partial charge < -0.3 is 9.47 Å². The van der Waals surface area contributed by atoms with Crippen molar-refractivity contribution in [2.24, 2.45) is 28.6 Å². The fourth-order valence-electron chi connectivity index (χ4n) is 7.11. The third-order valence-electron chi connectivity index (χ3n) is 8.78. The number of fused-ring (bicyclic) bond motifs is 6. The van der Waals surface area contributed by atoms with Gasteiger partial charge >= 0.3 is 0 Å². The maximum absolute atomic E-state index is 6.03. The Bertz CT molecular complexity index is 599. The molecule has 1 saturated heterocycles. The first-order valence-electron chi connectivity index (χ1n) is 9.62. The lowest BCUT2D eigenvalue weighted by molar-refractivity contribution is -0.0446. The number of rotatable bonds is 1. The molecule has 0 unspecified atom stereocenters. The standard InChI is InChI=1S/C21H30O2/c1-19-9-6-15(22-3)12-14(19)4-5-16-17(19)7-10-20(2)18(16)8-11-21(20)13-23-21/h4,12,16-18H,5-11,13H2,1-3H3/t16-,17+,18-,19+,20-,21-/m0/s1. The van der Waals surface area contributed by atoms with Gasteiger partial charge in [0, 0.05) is 11.8 Å². The Morgan fingerprint density at radius 1 is 1.13 bits per heavy atom.